The smallest absolute Gasteiger partial charge is 0.334 e. The van der Waals surface area contributed by atoms with Gasteiger partial charge in [-0.1, -0.05) is 18.2 Å². The third kappa shape index (κ3) is 3.63. The second-order valence-corrected chi connectivity index (χ2v) is 5.84. The van der Waals surface area contributed by atoms with Crippen molar-refractivity contribution < 1.29 is 19.1 Å². The molecule has 0 spiro atoms. The van der Waals surface area contributed by atoms with Gasteiger partial charge >= 0.3 is 11.9 Å². The maximum atomic E-state index is 11.7. The molecule has 3 atom stereocenters. The number of carbonyl (C=O) groups is 2. The lowest BCUT2D eigenvalue weighted by molar-refractivity contribution is -0.144. The Morgan fingerprint density at radius 2 is 2.14 bits per heavy atom. The molecular formula is C17H22O4. The van der Waals surface area contributed by atoms with Gasteiger partial charge in [0.1, 0.15) is 12.2 Å². The molecule has 0 aromatic heterocycles. The quantitative estimate of drug-likeness (QED) is 0.423. The van der Waals surface area contributed by atoms with Gasteiger partial charge in [0.05, 0.1) is 0 Å². The fourth-order valence-corrected chi connectivity index (χ4v) is 2.81. The van der Waals surface area contributed by atoms with E-state index >= 15 is 0 Å². The minimum atomic E-state index is -0.320. The van der Waals surface area contributed by atoms with E-state index < -0.39 is 0 Å². The van der Waals surface area contributed by atoms with Crippen LogP contribution in [0.15, 0.2) is 35.5 Å². The maximum absolute atomic E-state index is 11.7. The zero-order chi connectivity index (χ0) is 15.6. The van der Waals surface area contributed by atoms with Crippen molar-refractivity contribution in [2.45, 2.75) is 52.2 Å². The molecule has 0 saturated carbocycles. The van der Waals surface area contributed by atoms with Crippen molar-refractivity contribution in [2.24, 2.45) is 5.92 Å². The van der Waals surface area contributed by atoms with Gasteiger partial charge in [0.15, 0.2) is 0 Å². The first kappa shape index (κ1) is 15.5. The van der Waals surface area contributed by atoms with E-state index in [1.54, 1.807) is 0 Å². The number of carbonyl (C=O) groups excluding carboxylic acids is 2. The molecule has 1 fully saturated rings. The molecule has 0 bridgehead atoms. The summed E-state index contributed by atoms with van der Waals surface area (Å²) in [5.41, 5.74) is 2.68. The lowest BCUT2D eigenvalue weighted by atomic mass is 9.87. The summed E-state index contributed by atoms with van der Waals surface area (Å²) >= 11 is 0. The highest BCUT2D eigenvalue weighted by molar-refractivity contribution is 5.91. The summed E-state index contributed by atoms with van der Waals surface area (Å²) < 4.78 is 10.8. The molecule has 1 unspecified atom stereocenters. The molecule has 0 N–H and O–H groups in total. The Labute approximate surface area is 125 Å². The Bertz CT molecular complexity index is 527. The van der Waals surface area contributed by atoms with Crippen LogP contribution in [-0.4, -0.2) is 24.1 Å². The molecule has 1 aliphatic carbocycles. The van der Waals surface area contributed by atoms with Crippen molar-refractivity contribution in [3.63, 3.8) is 0 Å². The molecule has 0 aromatic carbocycles. The molecular weight excluding hydrogens is 268 g/mol. The highest BCUT2D eigenvalue weighted by atomic mass is 16.6. The van der Waals surface area contributed by atoms with E-state index in [-0.39, 0.29) is 30.1 Å². The first-order valence-corrected chi connectivity index (χ1v) is 7.29. The van der Waals surface area contributed by atoms with Crippen molar-refractivity contribution in [1.29, 1.82) is 0 Å². The summed E-state index contributed by atoms with van der Waals surface area (Å²) in [6.45, 7) is 9.22. The van der Waals surface area contributed by atoms with E-state index in [4.69, 9.17) is 9.47 Å². The normalized spacial score (nSPS) is 34.9. The number of ether oxygens (including phenoxy) is 2. The van der Waals surface area contributed by atoms with E-state index in [2.05, 4.69) is 19.6 Å². The zero-order valence-electron chi connectivity index (χ0n) is 12.8. The van der Waals surface area contributed by atoms with Gasteiger partial charge in [-0.15, -0.1) is 0 Å². The second-order valence-electron chi connectivity index (χ2n) is 5.84. The van der Waals surface area contributed by atoms with Gasteiger partial charge in [0, 0.05) is 24.8 Å². The molecule has 4 nitrogen and oxygen atoms in total. The number of rotatable bonds is 1. The second kappa shape index (κ2) is 6.29. The van der Waals surface area contributed by atoms with Gasteiger partial charge in [-0.2, -0.15) is 0 Å². The molecule has 1 aliphatic heterocycles. The van der Waals surface area contributed by atoms with Crippen LogP contribution in [-0.2, 0) is 19.1 Å². The van der Waals surface area contributed by atoms with Crippen molar-refractivity contribution in [2.75, 3.05) is 0 Å². The van der Waals surface area contributed by atoms with Crippen LogP contribution in [0.25, 0.3) is 0 Å². The summed E-state index contributed by atoms with van der Waals surface area (Å²) in [6.07, 6.45) is 5.79. The van der Waals surface area contributed by atoms with E-state index in [0.29, 0.717) is 12.0 Å². The average Bonchev–Trinajstić information content (AvgIpc) is 2.66. The number of esters is 2. The van der Waals surface area contributed by atoms with Crippen LogP contribution in [0, 0.1) is 5.92 Å². The summed E-state index contributed by atoms with van der Waals surface area (Å²) in [4.78, 5) is 23.0. The molecule has 2 aliphatic rings. The summed E-state index contributed by atoms with van der Waals surface area (Å²) in [6, 6.07) is 0. The van der Waals surface area contributed by atoms with Crippen LogP contribution >= 0.6 is 0 Å². The molecule has 1 saturated heterocycles. The minimum absolute atomic E-state index is 0.00637. The molecule has 1 heterocycles. The Morgan fingerprint density at radius 3 is 2.81 bits per heavy atom. The van der Waals surface area contributed by atoms with E-state index in [0.717, 1.165) is 18.4 Å². The van der Waals surface area contributed by atoms with Crippen molar-refractivity contribution in [3.8, 4) is 0 Å². The minimum Gasteiger partial charge on any atom is -0.458 e. The summed E-state index contributed by atoms with van der Waals surface area (Å²) in [5, 5.41) is 0. The van der Waals surface area contributed by atoms with Crippen molar-refractivity contribution >= 4 is 11.9 Å². The van der Waals surface area contributed by atoms with Gasteiger partial charge in [0.2, 0.25) is 0 Å². The van der Waals surface area contributed by atoms with E-state index in [1.165, 1.54) is 12.5 Å². The van der Waals surface area contributed by atoms with E-state index in [9.17, 15) is 9.59 Å². The Hall–Kier alpha value is -1.84. The summed E-state index contributed by atoms with van der Waals surface area (Å²) in [5.74, 6) is -0.619. The third-order valence-corrected chi connectivity index (χ3v) is 4.12. The topological polar surface area (TPSA) is 52.6 Å². The lowest BCUT2D eigenvalue weighted by Crippen LogP contribution is -2.22. The van der Waals surface area contributed by atoms with Crippen LogP contribution in [0.4, 0.5) is 0 Å². The SMILES string of the molecule is C=C1C(=O)OC2/C=C(/C)[C@@H](OC(C)=O)C/C=C(\C)CC[C@@H]12. The first-order chi connectivity index (χ1) is 9.88. The van der Waals surface area contributed by atoms with Crippen LogP contribution in [0.2, 0.25) is 0 Å². The predicted molar refractivity (Wildman–Crippen MR) is 79.4 cm³/mol. The molecule has 0 aromatic rings. The predicted octanol–water partition coefficient (Wildman–Crippen LogP) is 3.09. The van der Waals surface area contributed by atoms with Crippen molar-refractivity contribution in [3.05, 3.63) is 35.5 Å². The molecule has 21 heavy (non-hydrogen) atoms. The summed E-state index contributed by atoms with van der Waals surface area (Å²) in [7, 11) is 0. The molecule has 114 valence electrons. The van der Waals surface area contributed by atoms with Gasteiger partial charge < -0.3 is 9.47 Å². The fraction of sp³-hybridized carbons (Fsp3) is 0.529. The number of hydrogen-bond donors (Lipinski definition) is 0. The van der Waals surface area contributed by atoms with Gasteiger partial charge in [-0.05, 0) is 38.3 Å². The first-order valence-electron chi connectivity index (χ1n) is 7.29. The number of hydrogen-bond acceptors (Lipinski definition) is 4. The standard InChI is InChI=1S/C17H22O4/c1-10-5-7-14-12(3)17(19)21-16(14)9-11(2)15(8-6-10)20-13(4)18/h6,9,14-16H,3,5,7-8H2,1-2,4H3/b10-6+,11-9-/t14-,15-,16?/m0/s1. The van der Waals surface area contributed by atoms with Gasteiger partial charge in [0.25, 0.3) is 0 Å². The molecule has 0 amide bonds. The Kier molecular flexibility index (Phi) is 4.66. The van der Waals surface area contributed by atoms with Crippen LogP contribution in [0.3, 0.4) is 0 Å². The van der Waals surface area contributed by atoms with Crippen LogP contribution in [0.5, 0.6) is 0 Å². The van der Waals surface area contributed by atoms with Crippen molar-refractivity contribution in [1.82, 2.24) is 0 Å². The number of fused-ring (bicyclic) bond motifs is 1. The lowest BCUT2D eigenvalue weighted by Gasteiger charge is -2.22. The maximum Gasteiger partial charge on any atom is 0.334 e. The monoisotopic (exact) mass is 290 g/mol. The van der Waals surface area contributed by atoms with Crippen LogP contribution < -0.4 is 0 Å². The third-order valence-electron chi connectivity index (χ3n) is 4.12. The molecule has 0 radical (unpaired) electrons. The molecule has 2 rings (SSSR count). The van der Waals surface area contributed by atoms with E-state index in [1.807, 2.05) is 13.0 Å². The van der Waals surface area contributed by atoms with Crippen LogP contribution in [0.1, 0.15) is 40.0 Å². The fourth-order valence-electron chi connectivity index (χ4n) is 2.81. The number of allylic oxidation sites excluding steroid dienone is 1. The highest BCUT2D eigenvalue weighted by Crippen LogP contribution is 2.34. The average molecular weight is 290 g/mol. The van der Waals surface area contributed by atoms with Gasteiger partial charge in [-0.3, -0.25) is 4.79 Å². The van der Waals surface area contributed by atoms with Gasteiger partial charge in [-0.25, -0.2) is 4.79 Å². The Morgan fingerprint density at radius 1 is 1.43 bits per heavy atom. The zero-order valence-corrected chi connectivity index (χ0v) is 12.8. The Balaban J connectivity index is 2.31. The largest absolute Gasteiger partial charge is 0.458 e. The molecule has 4 heteroatoms. The highest BCUT2D eigenvalue weighted by Gasteiger charge is 2.37.